The van der Waals surface area contributed by atoms with Gasteiger partial charge in [-0.05, 0) is 94.4 Å². The van der Waals surface area contributed by atoms with E-state index in [1.807, 2.05) is 0 Å². The number of aliphatic carboxylic acids is 2. The van der Waals surface area contributed by atoms with Crippen LogP contribution in [0.1, 0.15) is 77.5 Å². The number of allylic oxidation sites excluding steroid dienone is 4. The molecule has 10 nitrogen and oxygen atoms in total. The fraction of sp³-hybridized carbons (Fsp3) is 0.193. The normalized spacial score (nSPS) is 23.6. The molecule has 4 aliphatic heterocycles. The van der Waals surface area contributed by atoms with E-state index in [4.69, 9.17) is 0 Å². The molecule has 0 saturated heterocycles. The first-order chi connectivity index (χ1) is 35.5. The van der Waals surface area contributed by atoms with Gasteiger partial charge in [0, 0.05) is 66.8 Å². The van der Waals surface area contributed by atoms with Crippen LogP contribution in [0, 0.1) is 0 Å². The van der Waals surface area contributed by atoms with Crippen LogP contribution in [0.4, 0.5) is 26.3 Å². The summed E-state index contributed by atoms with van der Waals surface area (Å²) < 4.78 is 94.6. The minimum Gasteiger partial charge on any atom is -0.480 e. The Morgan fingerprint density at radius 1 is 0.480 bits per heavy atom. The van der Waals surface area contributed by atoms with E-state index in [1.165, 1.54) is 74.5 Å². The van der Waals surface area contributed by atoms with E-state index in [0.29, 0.717) is 20.9 Å². The summed E-state index contributed by atoms with van der Waals surface area (Å²) in [6, 6.07) is 28.2. The molecule has 18 heteroatoms. The quantitative estimate of drug-likeness (QED) is 0.100. The van der Waals surface area contributed by atoms with Crippen LogP contribution in [0.15, 0.2) is 156 Å². The Bertz CT molecular complexity index is 3530. The van der Waals surface area contributed by atoms with E-state index in [9.17, 15) is 39.0 Å². The molecule has 1 saturated carbocycles. The molecule has 4 heterocycles. The number of rotatable bonds is 10. The smallest absolute Gasteiger partial charge is 0.380 e. The number of benzene rings is 6. The van der Waals surface area contributed by atoms with Crippen LogP contribution in [0.5, 0.6) is 0 Å². The molecule has 6 aromatic carbocycles. The van der Waals surface area contributed by atoms with Crippen LogP contribution < -0.4 is 0 Å². The van der Waals surface area contributed by atoms with Gasteiger partial charge in [0.2, 0.25) is 0 Å². The molecule has 2 N–H and O–H groups in total. The summed E-state index contributed by atoms with van der Waals surface area (Å²) in [5, 5.41) is 21.4. The number of carbonyl (C=O) groups excluding carboxylic acids is 4. The van der Waals surface area contributed by atoms with Gasteiger partial charge in [-0.15, -0.1) is 23.5 Å². The van der Waals surface area contributed by atoms with Gasteiger partial charge in [0.1, 0.15) is 12.1 Å². The van der Waals surface area contributed by atoms with Crippen LogP contribution in [0.25, 0.3) is 31.4 Å². The fourth-order valence-corrected chi connectivity index (χ4v) is 14.9. The van der Waals surface area contributed by atoms with Crippen molar-refractivity contribution in [1.82, 2.24) is 9.80 Å². The van der Waals surface area contributed by atoms with Crippen molar-refractivity contribution in [2.45, 2.75) is 66.0 Å². The van der Waals surface area contributed by atoms with Crippen molar-refractivity contribution in [3.05, 3.63) is 200 Å². The number of fused-ring (bicyclic) bond motifs is 4. The number of imide groups is 2. The number of carboxylic acids is 2. The molecule has 0 radical (unpaired) electrons. The van der Waals surface area contributed by atoms with E-state index in [1.54, 1.807) is 72.8 Å². The summed E-state index contributed by atoms with van der Waals surface area (Å²) in [6.45, 7) is 3.00. The van der Waals surface area contributed by atoms with Crippen LogP contribution >= 0.6 is 23.5 Å². The Morgan fingerprint density at radius 2 is 0.813 bits per heavy atom. The van der Waals surface area contributed by atoms with Gasteiger partial charge >= 0.3 is 29.7 Å². The highest BCUT2D eigenvalue weighted by Crippen LogP contribution is 2.75. The summed E-state index contributed by atoms with van der Waals surface area (Å²) >= 11 is 1.91. The Balaban J connectivity index is 0.964. The number of carbonyl (C=O) groups is 6. The maximum atomic E-state index is 16.6. The average Bonchev–Trinajstić information content (AvgIpc) is 3.98. The first-order valence-corrected chi connectivity index (χ1v) is 25.1. The van der Waals surface area contributed by atoms with Gasteiger partial charge in [-0.1, -0.05) is 97.1 Å². The summed E-state index contributed by atoms with van der Waals surface area (Å²) in [5.41, 5.74) is -2.61. The SMILES string of the molecule is CC12SC(c3ccc4c5c(cccc35)C(=O)N([C@@H](Cc3ccccc3)C(=O)O)C4=O)=CC1=C1C(=C3C=C(c4ccc5c6c(cccc46)C(=O)N([C@@H](Cc4ccccc4)C(=O)O)C5=O)SC32C)C(F)(F)C(F)(F)C1(F)F. The van der Waals surface area contributed by atoms with Crippen molar-refractivity contribution < 1.29 is 65.3 Å². The second-order valence-corrected chi connectivity index (χ2v) is 22.3. The maximum Gasteiger partial charge on any atom is 0.380 e. The Labute approximate surface area is 430 Å². The molecular weight excluding hydrogens is 1020 g/mol. The number of thioether (sulfide) groups is 2. The van der Waals surface area contributed by atoms with Crippen molar-refractivity contribution >= 4 is 90.4 Å². The van der Waals surface area contributed by atoms with Crippen LogP contribution in [-0.4, -0.2) is 94.9 Å². The predicted octanol–water partition coefficient (Wildman–Crippen LogP) is 11.5. The van der Waals surface area contributed by atoms with Gasteiger partial charge in [0.05, 0.1) is 9.49 Å². The van der Waals surface area contributed by atoms with Crippen molar-refractivity contribution in [3.63, 3.8) is 0 Å². The van der Waals surface area contributed by atoms with Crippen molar-refractivity contribution in [3.8, 4) is 0 Å². The molecule has 0 spiro atoms. The molecule has 1 fully saturated rings. The molecule has 0 aromatic heterocycles. The van der Waals surface area contributed by atoms with Gasteiger partial charge in [0.25, 0.3) is 23.6 Å². The number of nitrogens with zero attached hydrogens (tertiary/aromatic N) is 2. The van der Waals surface area contributed by atoms with E-state index < -0.39 is 97.2 Å². The third-order valence-electron chi connectivity index (χ3n) is 15.5. The molecular formula is C57H36F6N2O8S2. The lowest BCUT2D eigenvalue weighted by atomic mass is 9.71. The van der Waals surface area contributed by atoms with E-state index in [-0.39, 0.29) is 77.6 Å². The topological polar surface area (TPSA) is 149 Å². The lowest BCUT2D eigenvalue weighted by Gasteiger charge is -2.47. The van der Waals surface area contributed by atoms with Crippen LogP contribution in [0.2, 0.25) is 0 Å². The first kappa shape index (κ1) is 48.3. The summed E-state index contributed by atoms with van der Waals surface area (Å²) in [7, 11) is 0. The highest BCUT2D eigenvalue weighted by Gasteiger charge is 2.84. The van der Waals surface area contributed by atoms with Crippen molar-refractivity contribution in [2.24, 2.45) is 0 Å². The molecule has 4 atom stereocenters. The second kappa shape index (κ2) is 16.2. The van der Waals surface area contributed by atoms with Gasteiger partial charge in [-0.25, -0.2) is 9.59 Å². The van der Waals surface area contributed by atoms with Gasteiger partial charge < -0.3 is 10.2 Å². The third kappa shape index (κ3) is 6.38. The van der Waals surface area contributed by atoms with Crippen LogP contribution in [0.3, 0.4) is 0 Å². The number of halogens is 6. The molecule has 75 heavy (non-hydrogen) atoms. The molecule has 12 rings (SSSR count). The van der Waals surface area contributed by atoms with Crippen molar-refractivity contribution in [1.29, 1.82) is 0 Å². The zero-order valence-electron chi connectivity index (χ0n) is 39.1. The van der Waals surface area contributed by atoms with Crippen molar-refractivity contribution in [2.75, 3.05) is 0 Å². The number of hydrogen-bond acceptors (Lipinski definition) is 8. The van der Waals surface area contributed by atoms with Gasteiger partial charge in [-0.2, -0.15) is 26.3 Å². The zero-order valence-corrected chi connectivity index (χ0v) is 40.7. The molecule has 376 valence electrons. The fourth-order valence-electron chi connectivity index (χ4n) is 11.7. The highest BCUT2D eigenvalue weighted by atomic mass is 32.2. The lowest BCUT2D eigenvalue weighted by Crippen LogP contribution is -2.51. The maximum absolute atomic E-state index is 16.6. The van der Waals surface area contributed by atoms with E-state index in [0.717, 1.165) is 23.5 Å². The minimum absolute atomic E-state index is 0.0384. The highest BCUT2D eigenvalue weighted by molar-refractivity contribution is 8.14. The molecule has 6 aliphatic rings. The van der Waals surface area contributed by atoms with E-state index in [2.05, 4.69) is 0 Å². The molecule has 2 aliphatic carbocycles. The largest absolute Gasteiger partial charge is 0.480 e. The zero-order chi connectivity index (χ0) is 53.1. The average molecular weight is 1060 g/mol. The molecule has 0 bridgehead atoms. The number of hydrogen-bond donors (Lipinski definition) is 2. The predicted molar refractivity (Wildman–Crippen MR) is 269 cm³/mol. The van der Waals surface area contributed by atoms with E-state index >= 15 is 26.3 Å². The Morgan fingerprint density at radius 3 is 1.16 bits per heavy atom. The molecule has 2 unspecified atom stereocenters. The number of amides is 4. The molecule has 4 amide bonds. The summed E-state index contributed by atoms with van der Waals surface area (Å²) in [4.78, 5) is 84.3. The molecule has 6 aromatic rings. The summed E-state index contributed by atoms with van der Waals surface area (Å²) in [5.74, 6) is -23.2. The first-order valence-electron chi connectivity index (χ1n) is 23.4. The minimum atomic E-state index is -5.89. The second-order valence-electron chi connectivity index (χ2n) is 19.4. The van der Waals surface area contributed by atoms with Gasteiger partial charge in [0.15, 0.2) is 0 Å². The summed E-state index contributed by atoms with van der Waals surface area (Å²) in [6.07, 6.45) is 1.97. The number of alkyl halides is 6. The standard InChI is InChI=1S/C57H36F6N2O8S2/c1-53-37(25-41(74-53)29-19-21-35-43-31(29)15-9-17-33(43)47(66)64(49(35)68)39(51(70)71)23-27-11-5-3-6-12-27)45-46(56(60,61)57(62,63)55(45,58)59)38-26-42(75-54(38,53)2)30-20-22-36-44-32(30)16-10-18-34(44)48(67)65(50(36)69)40(52(72)73)24-28-13-7-4-8-14-28/h3-22,25-26,39-40H,23-24H2,1-2H3,(H,70,71)(H,72,73)/t39-,40-,53?,54?/m0/s1. The number of carboxylic acid groups (broad SMARTS) is 2. The monoisotopic (exact) mass is 1050 g/mol. The third-order valence-corrected chi connectivity index (χ3v) is 18.8. The Kier molecular flexibility index (Phi) is 10.4. The van der Waals surface area contributed by atoms with Gasteiger partial charge in [-0.3, -0.25) is 29.0 Å². The lowest BCUT2D eigenvalue weighted by molar-refractivity contribution is -0.258. The van der Waals surface area contributed by atoms with Crippen LogP contribution in [-0.2, 0) is 22.4 Å². The Hall–Kier alpha value is -7.70.